The number of aryl methyl sites for hydroxylation is 1. The van der Waals surface area contributed by atoms with Crippen LogP contribution in [-0.4, -0.2) is 30.3 Å². The molecule has 156 valence electrons. The Morgan fingerprint density at radius 2 is 1.90 bits per heavy atom. The molecule has 0 radical (unpaired) electrons. The number of hydrogen-bond acceptors (Lipinski definition) is 4. The molecule has 8 heteroatoms. The van der Waals surface area contributed by atoms with Crippen LogP contribution in [0.2, 0.25) is 0 Å². The quantitative estimate of drug-likeness (QED) is 0.639. The minimum atomic E-state index is -3.42. The van der Waals surface area contributed by atoms with Crippen LogP contribution in [0.5, 0.6) is 5.75 Å². The first-order valence-electron chi connectivity index (χ1n) is 9.45. The number of nitrogens with zero attached hydrogens (tertiary/aromatic N) is 1. The molecule has 2 N–H and O–H groups in total. The van der Waals surface area contributed by atoms with E-state index in [0.717, 1.165) is 10.9 Å². The summed E-state index contributed by atoms with van der Waals surface area (Å²) in [5.41, 5.74) is 2.25. The molecule has 2 aromatic heterocycles. The fourth-order valence-corrected chi connectivity index (χ4v) is 3.59. The highest BCUT2D eigenvalue weighted by Crippen LogP contribution is 2.37. The molecule has 0 saturated carbocycles. The molecule has 1 aromatic carbocycles. The van der Waals surface area contributed by atoms with Crippen LogP contribution in [0.25, 0.3) is 22.0 Å². The summed E-state index contributed by atoms with van der Waals surface area (Å²) in [7, 11) is -1.73. The molecule has 0 bridgehead atoms. The lowest BCUT2D eigenvalue weighted by Crippen LogP contribution is -2.18. The molecule has 0 atom stereocenters. The van der Waals surface area contributed by atoms with Crippen LogP contribution >= 0.6 is 0 Å². The van der Waals surface area contributed by atoms with E-state index in [9.17, 15) is 13.2 Å². The van der Waals surface area contributed by atoms with Crippen molar-refractivity contribution < 1.29 is 13.2 Å². The summed E-state index contributed by atoms with van der Waals surface area (Å²) < 4.78 is 34.2. The number of fused-ring (bicyclic) bond motifs is 1. The van der Waals surface area contributed by atoms with Gasteiger partial charge in [-0.1, -0.05) is 20.8 Å². The summed E-state index contributed by atoms with van der Waals surface area (Å²) in [5, 5.41) is 0.754. The number of ether oxygens (including phenoxy) is 1. The predicted molar refractivity (Wildman–Crippen MR) is 117 cm³/mol. The Balaban J connectivity index is 2.20. The zero-order chi connectivity index (χ0) is 21.4. The fourth-order valence-electron chi connectivity index (χ4n) is 2.96. The van der Waals surface area contributed by atoms with Crippen LogP contribution in [-0.2, 0) is 17.1 Å². The van der Waals surface area contributed by atoms with Gasteiger partial charge in [-0.2, -0.15) is 0 Å². The van der Waals surface area contributed by atoms with Crippen molar-refractivity contribution in [2.24, 2.45) is 12.5 Å². The summed E-state index contributed by atoms with van der Waals surface area (Å²) in [6.07, 6.45) is 3.46. The van der Waals surface area contributed by atoms with Gasteiger partial charge >= 0.3 is 0 Å². The first-order chi connectivity index (χ1) is 13.5. The standard InChI is InChI=1S/C21H27N3O4S/c1-6-29(26,27)23-14-7-8-18(28-13-21(2,3)4)16(11-14)17-12-24(5)20(25)19-15(17)9-10-22-19/h7-12,22-23H,6,13H2,1-5H3. The summed E-state index contributed by atoms with van der Waals surface area (Å²) in [5.74, 6) is 0.604. The second-order valence-corrected chi connectivity index (χ2v) is 10.3. The predicted octanol–water partition coefficient (Wildman–Crippen LogP) is 3.72. The molecule has 0 aliphatic rings. The SMILES string of the molecule is CCS(=O)(=O)Nc1ccc(OCC(C)(C)C)c(-c2cn(C)c(=O)c3[nH]ccc23)c1. The number of H-pyrrole nitrogens is 1. The second kappa shape index (κ2) is 7.59. The minimum Gasteiger partial charge on any atom is -0.492 e. The van der Waals surface area contributed by atoms with Gasteiger partial charge in [0.1, 0.15) is 11.3 Å². The third-order valence-corrected chi connectivity index (χ3v) is 5.78. The molecule has 0 amide bonds. The Morgan fingerprint density at radius 1 is 1.17 bits per heavy atom. The van der Waals surface area contributed by atoms with E-state index in [2.05, 4.69) is 30.5 Å². The Hall–Kier alpha value is -2.74. The van der Waals surface area contributed by atoms with Crippen molar-refractivity contribution in [2.75, 3.05) is 17.1 Å². The van der Waals surface area contributed by atoms with Crippen molar-refractivity contribution in [1.82, 2.24) is 9.55 Å². The lowest BCUT2D eigenvalue weighted by molar-refractivity contribution is 0.198. The molecular formula is C21H27N3O4S. The Kier molecular flexibility index (Phi) is 5.49. The van der Waals surface area contributed by atoms with E-state index in [0.29, 0.717) is 29.1 Å². The first kappa shape index (κ1) is 21.0. The molecule has 0 saturated heterocycles. The Morgan fingerprint density at radius 3 is 2.55 bits per heavy atom. The number of rotatable bonds is 6. The average Bonchev–Trinajstić information content (AvgIpc) is 3.13. The minimum absolute atomic E-state index is 0.0213. The van der Waals surface area contributed by atoms with Gasteiger partial charge in [0, 0.05) is 41.6 Å². The largest absolute Gasteiger partial charge is 0.492 e. The number of sulfonamides is 1. The molecule has 29 heavy (non-hydrogen) atoms. The number of hydrogen-bond donors (Lipinski definition) is 2. The maximum Gasteiger partial charge on any atom is 0.274 e. The summed E-state index contributed by atoms with van der Waals surface area (Å²) in [6, 6.07) is 7.03. The number of benzene rings is 1. The second-order valence-electron chi connectivity index (χ2n) is 8.29. The monoisotopic (exact) mass is 417 g/mol. The topological polar surface area (TPSA) is 93.2 Å². The van der Waals surface area contributed by atoms with Crippen molar-refractivity contribution in [3.05, 3.63) is 47.0 Å². The Labute approximate surface area is 170 Å². The third kappa shape index (κ3) is 4.64. The van der Waals surface area contributed by atoms with Gasteiger partial charge in [-0.3, -0.25) is 9.52 Å². The zero-order valence-electron chi connectivity index (χ0n) is 17.4. The average molecular weight is 418 g/mol. The van der Waals surface area contributed by atoms with E-state index in [1.807, 2.05) is 6.07 Å². The number of aromatic nitrogens is 2. The molecule has 0 fully saturated rings. The molecule has 0 aliphatic heterocycles. The molecule has 0 unspecified atom stereocenters. The lowest BCUT2D eigenvalue weighted by Gasteiger charge is -2.21. The van der Waals surface area contributed by atoms with Gasteiger partial charge in [0.2, 0.25) is 10.0 Å². The summed E-state index contributed by atoms with van der Waals surface area (Å²) in [6.45, 7) is 8.30. The molecule has 0 spiro atoms. The molecule has 3 aromatic rings. The normalized spacial score (nSPS) is 12.3. The van der Waals surface area contributed by atoms with Gasteiger partial charge in [0.15, 0.2) is 0 Å². The summed E-state index contributed by atoms with van der Waals surface area (Å²) >= 11 is 0. The van der Waals surface area contributed by atoms with E-state index in [1.54, 1.807) is 44.6 Å². The Bertz CT molecular complexity index is 1200. The van der Waals surface area contributed by atoms with E-state index in [4.69, 9.17) is 4.74 Å². The number of pyridine rings is 1. The third-order valence-electron chi connectivity index (χ3n) is 4.48. The van der Waals surface area contributed by atoms with Gasteiger partial charge in [-0.05, 0) is 36.6 Å². The highest BCUT2D eigenvalue weighted by atomic mass is 32.2. The van der Waals surface area contributed by atoms with E-state index >= 15 is 0 Å². The van der Waals surface area contributed by atoms with Gasteiger partial charge in [0.05, 0.1) is 12.4 Å². The lowest BCUT2D eigenvalue weighted by atomic mass is 9.98. The zero-order valence-corrected chi connectivity index (χ0v) is 18.2. The van der Waals surface area contributed by atoms with E-state index < -0.39 is 10.0 Å². The van der Waals surface area contributed by atoms with Crippen molar-refractivity contribution >= 4 is 26.6 Å². The van der Waals surface area contributed by atoms with E-state index in [1.165, 1.54) is 4.57 Å². The molecule has 7 nitrogen and oxygen atoms in total. The van der Waals surface area contributed by atoms with Crippen molar-refractivity contribution in [2.45, 2.75) is 27.7 Å². The van der Waals surface area contributed by atoms with Gasteiger partial charge in [-0.25, -0.2) is 8.42 Å². The van der Waals surface area contributed by atoms with Gasteiger partial charge < -0.3 is 14.3 Å². The van der Waals surface area contributed by atoms with Crippen LogP contribution in [0.4, 0.5) is 5.69 Å². The van der Waals surface area contributed by atoms with Gasteiger partial charge in [0.25, 0.3) is 5.56 Å². The molecule has 3 rings (SSSR count). The van der Waals surface area contributed by atoms with E-state index in [-0.39, 0.29) is 16.7 Å². The van der Waals surface area contributed by atoms with Crippen molar-refractivity contribution in [3.63, 3.8) is 0 Å². The molecular weight excluding hydrogens is 390 g/mol. The number of nitrogens with one attached hydrogen (secondary N) is 2. The van der Waals surface area contributed by atoms with Crippen molar-refractivity contribution in [3.8, 4) is 16.9 Å². The smallest absolute Gasteiger partial charge is 0.274 e. The number of aromatic amines is 1. The van der Waals surface area contributed by atoms with Crippen LogP contribution < -0.4 is 15.0 Å². The fraction of sp³-hybridized carbons (Fsp3) is 0.381. The maximum absolute atomic E-state index is 12.4. The first-order valence-corrected chi connectivity index (χ1v) is 11.1. The summed E-state index contributed by atoms with van der Waals surface area (Å²) in [4.78, 5) is 15.4. The highest BCUT2D eigenvalue weighted by molar-refractivity contribution is 7.92. The van der Waals surface area contributed by atoms with Crippen LogP contribution in [0.3, 0.4) is 0 Å². The maximum atomic E-state index is 12.4. The van der Waals surface area contributed by atoms with Crippen molar-refractivity contribution in [1.29, 1.82) is 0 Å². The number of anilines is 1. The van der Waals surface area contributed by atoms with Crippen LogP contribution in [0.15, 0.2) is 41.5 Å². The van der Waals surface area contributed by atoms with Crippen LogP contribution in [0, 0.1) is 5.41 Å². The highest BCUT2D eigenvalue weighted by Gasteiger charge is 2.18. The van der Waals surface area contributed by atoms with Crippen LogP contribution in [0.1, 0.15) is 27.7 Å². The van der Waals surface area contributed by atoms with Gasteiger partial charge in [-0.15, -0.1) is 0 Å². The molecule has 0 aliphatic carbocycles. The molecule has 2 heterocycles.